The van der Waals surface area contributed by atoms with Crippen molar-refractivity contribution in [2.24, 2.45) is 0 Å². The van der Waals surface area contributed by atoms with Crippen molar-refractivity contribution in [3.63, 3.8) is 0 Å². The van der Waals surface area contributed by atoms with Crippen molar-refractivity contribution >= 4 is 22.9 Å². The minimum Gasteiger partial charge on any atom is -0.379 e. The number of carbonyl (C=O) groups is 1. The van der Waals surface area contributed by atoms with Crippen molar-refractivity contribution in [2.45, 2.75) is 26.3 Å². The molecule has 3 rings (SSSR count). The molecule has 2 aromatic rings. The van der Waals surface area contributed by atoms with Crippen LogP contribution in [0.15, 0.2) is 12.4 Å². The van der Waals surface area contributed by atoms with Crippen LogP contribution in [0.1, 0.15) is 32.8 Å². The second-order valence-corrected chi connectivity index (χ2v) is 6.03. The maximum atomic E-state index is 12.2. The predicted octanol–water partition coefficient (Wildman–Crippen LogP) is 2.17. The van der Waals surface area contributed by atoms with E-state index in [2.05, 4.69) is 15.4 Å². The summed E-state index contributed by atoms with van der Waals surface area (Å²) in [4.78, 5) is 17.1. The molecule has 1 N–H and O–H groups in total. The third kappa shape index (κ3) is 2.59. The largest absolute Gasteiger partial charge is 0.379 e. The molecule has 2 aromatic heterocycles. The summed E-state index contributed by atoms with van der Waals surface area (Å²) in [6, 6.07) is 0.271. The van der Waals surface area contributed by atoms with Gasteiger partial charge in [-0.15, -0.1) is 11.3 Å². The number of aryl methyl sites for hydroxylation is 2. The minimum atomic E-state index is -0.129. The Labute approximate surface area is 120 Å². The van der Waals surface area contributed by atoms with Crippen LogP contribution in [0.5, 0.6) is 0 Å². The number of hydrogen-bond acceptors (Lipinski definition) is 5. The molecule has 0 aromatic carbocycles. The molecule has 0 saturated carbocycles. The monoisotopic (exact) mass is 292 g/mol. The molecule has 1 aliphatic heterocycles. The summed E-state index contributed by atoms with van der Waals surface area (Å²) in [5.41, 5.74) is 1.47. The van der Waals surface area contributed by atoms with Gasteiger partial charge in [0, 0.05) is 12.8 Å². The van der Waals surface area contributed by atoms with E-state index in [9.17, 15) is 4.79 Å². The van der Waals surface area contributed by atoms with E-state index in [1.54, 1.807) is 6.20 Å². The summed E-state index contributed by atoms with van der Waals surface area (Å²) in [5, 5.41) is 8.04. The first-order valence-corrected chi connectivity index (χ1v) is 7.32. The van der Waals surface area contributed by atoms with Crippen molar-refractivity contribution in [1.82, 2.24) is 14.8 Å². The molecule has 6 nitrogen and oxygen atoms in total. The fourth-order valence-electron chi connectivity index (χ4n) is 2.26. The predicted molar refractivity (Wildman–Crippen MR) is 76.2 cm³/mol. The molecule has 0 radical (unpaired) electrons. The van der Waals surface area contributed by atoms with Crippen LogP contribution < -0.4 is 5.32 Å². The summed E-state index contributed by atoms with van der Waals surface area (Å²) < 4.78 is 7.19. The summed E-state index contributed by atoms with van der Waals surface area (Å²) in [5.74, 6) is -0.129. The Balaban J connectivity index is 1.71. The second kappa shape index (κ2) is 5.34. The molecular formula is C13H16N4O2S. The fourth-order valence-corrected chi connectivity index (χ4v) is 3.08. The van der Waals surface area contributed by atoms with Gasteiger partial charge in [0.15, 0.2) is 0 Å². The van der Waals surface area contributed by atoms with Gasteiger partial charge in [-0.25, -0.2) is 4.98 Å². The van der Waals surface area contributed by atoms with Gasteiger partial charge in [0.25, 0.3) is 5.91 Å². The smallest absolute Gasteiger partial charge is 0.267 e. The first-order chi connectivity index (χ1) is 9.63. The minimum absolute atomic E-state index is 0.129. The van der Waals surface area contributed by atoms with Crippen molar-refractivity contribution in [3.05, 3.63) is 28.0 Å². The third-order valence-corrected chi connectivity index (χ3v) is 4.32. The Morgan fingerprint density at radius 3 is 3.05 bits per heavy atom. The molecule has 7 heteroatoms. The van der Waals surface area contributed by atoms with Crippen molar-refractivity contribution < 1.29 is 9.53 Å². The number of anilines is 1. The maximum absolute atomic E-state index is 12.2. The average Bonchev–Trinajstić information content (AvgIpc) is 3.09. The molecule has 20 heavy (non-hydrogen) atoms. The van der Waals surface area contributed by atoms with E-state index in [1.807, 2.05) is 24.7 Å². The number of thiazole rings is 1. The van der Waals surface area contributed by atoms with Gasteiger partial charge < -0.3 is 10.1 Å². The average molecular weight is 292 g/mol. The topological polar surface area (TPSA) is 69.0 Å². The Kier molecular flexibility index (Phi) is 3.54. The van der Waals surface area contributed by atoms with E-state index < -0.39 is 0 Å². The number of nitrogens with one attached hydrogen (secondary N) is 1. The molecule has 1 saturated heterocycles. The molecule has 3 heterocycles. The van der Waals surface area contributed by atoms with Crippen LogP contribution in [0.25, 0.3) is 0 Å². The van der Waals surface area contributed by atoms with Crippen LogP contribution in [0.3, 0.4) is 0 Å². The lowest BCUT2D eigenvalue weighted by Crippen LogP contribution is -2.11. The number of carbonyl (C=O) groups excluding carboxylic acids is 1. The summed E-state index contributed by atoms with van der Waals surface area (Å²) >= 11 is 1.40. The standard InChI is InChI=1S/C13H16N4O2S/c1-8-12(20-9(2)15-8)13(18)16-10-5-14-17(6-10)11-3-4-19-7-11/h5-6,11H,3-4,7H2,1-2H3,(H,16,18)/t11-/m1/s1. The lowest BCUT2D eigenvalue weighted by molar-refractivity contribution is 0.103. The Bertz CT molecular complexity index is 628. The zero-order valence-electron chi connectivity index (χ0n) is 11.4. The molecular weight excluding hydrogens is 276 g/mol. The van der Waals surface area contributed by atoms with Crippen LogP contribution in [-0.4, -0.2) is 33.9 Å². The van der Waals surface area contributed by atoms with Gasteiger partial charge in [-0.05, 0) is 20.3 Å². The summed E-state index contributed by atoms with van der Waals surface area (Å²) in [6.45, 7) is 5.19. The molecule has 106 valence electrons. The van der Waals surface area contributed by atoms with Crippen molar-refractivity contribution in [1.29, 1.82) is 0 Å². The van der Waals surface area contributed by atoms with Crippen LogP contribution >= 0.6 is 11.3 Å². The molecule has 1 amide bonds. The number of hydrogen-bond donors (Lipinski definition) is 1. The molecule has 1 atom stereocenters. The van der Waals surface area contributed by atoms with Gasteiger partial charge in [0.05, 0.1) is 35.2 Å². The van der Waals surface area contributed by atoms with Crippen molar-refractivity contribution in [2.75, 3.05) is 18.5 Å². The van der Waals surface area contributed by atoms with Gasteiger partial charge >= 0.3 is 0 Å². The van der Waals surface area contributed by atoms with Crippen LogP contribution in [-0.2, 0) is 4.74 Å². The van der Waals surface area contributed by atoms with Crippen molar-refractivity contribution in [3.8, 4) is 0 Å². The highest BCUT2D eigenvalue weighted by molar-refractivity contribution is 7.13. The van der Waals surface area contributed by atoms with E-state index in [1.165, 1.54) is 11.3 Å². The number of ether oxygens (including phenoxy) is 1. The Morgan fingerprint density at radius 1 is 1.55 bits per heavy atom. The van der Waals surface area contributed by atoms with Crippen LogP contribution in [0.2, 0.25) is 0 Å². The van der Waals surface area contributed by atoms with E-state index in [0.29, 0.717) is 17.2 Å². The second-order valence-electron chi connectivity index (χ2n) is 4.83. The summed E-state index contributed by atoms with van der Waals surface area (Å²) in [7, 11) is 0. The number of amides is 1. The fraction of sp³-hybridized carbons (Fsp3) is 0.462. The van der Waals surface area contributed by atoms with E-state index in [4.69, 9.17) is 4.74 Å². The van der Waals surface area contributed by atoms with Gasteiger partial charge in [0.1, 0.15) is 4.88 Å². The third-order valence-electron chi connectivity index (χ3n) is 3.25. The molecule has 0 unspecified atom stereocenters. The van der Waals surface area contributed by atoms with E-state index >= 15 is 0 Å². The SMILES string of the molecule is Cc1nc(C)c(C(=O)Nc2cnn([C@@H]3CCOC3)c2)s1. The zero-order valence-corrected chi connectivity index (χ0v) is 12.2. The first kappa shape index (κ1) is 13.3. The Hall–Kier alpha value is -1.73. The number of nitrogens with zero attached hydrogens (tertiary/aromatic N) is 3. The lowest BCUT2D eigenvalue weighted by Gasteiger charge is -2.06. The quantitative estimate of drug-likeness (QED) is 0.941. The highest BCUT2D eigenvalue weighted by Gasteiger charge is 2.19. The Morgan fingerprint density at radius 2 is 2.40 bits per heavy atom. The van der Waals surface area contributed by atoms with E-state index in [-0.39, 0.29) is 11.9 Å². The maximum Gasteiger partial charge on any atom is 0.267 e. The molecule has 0 bridgehead atoms. The van der Waals surface area contributed by atoms with Gasteiger partial charge in [0.2, 0.25) is 0 Å². The van der Waals surface area contributed by atoms with Crippen LogP contribution in [0.4, 0.5) is 5.69 Å². The number of aromatic nitrogens is 3. The van der Waals surface area contributed by atoms with Gasteiger partial charge in [-0.2, -0.15) is 5.10 Å². The van der Waals surface area contributed by atoms with E-state index in [0.717, 1.165) is 23.7 Å². The molecule has 0 aliphatic carbocycles. The first-order valence-electron chi connectivity index (χ1n) is 6.51. The lowest BCUT2D eigenvalue weighted by atomic mass is 10.3. The molecule has 0 spiro atoms. The van der Waals surface area contributed by atoms with Gasteiger partial charge in [-0.3, -0.25) is 9.48 Å². The normalized spacial score (nSPS) is 18.4. The van der Waals surface area contributed by atoms with Gasteiger partial charge in [-0.1, -0.05) is 0 Å². The van der Waals surface area contributed by atoms with Crippen LogP contribution in [0, 0.1) is 13.8 Å². The zero-order chi connectivity index (χ0) is 14.1. The molecule has 1 fully saturated rings. The number of rotatable bonds is 3. The highest BCUT2D eigenvalue weighted by atomic mass is 32.1. The highest BCUT2D eigenvalue weighted by Crippen LogP contribution is 2.21. The summed E-state index contributed by atoms with van der Waals surface area (Å²) in [6.07, 6.45) is 4.47. The molecule has 1 aliphatic rings.